The Morgan fingerprint density at radius 2 is 1.90 bits per heavy atom. The summed E-state index contributed by atoms with van der Waals surface area (Å²) in [4.78, 5) is 28.8. The van der Waals surface area contributed by atoms with Crippen LogP contribution < -0.4 is 5.32 Å². The molecule has 0 bridgehead atoms. The van der Waals surface area contributed by atoms with Crippen molar-refractivity contribution in [2.75, 3.05) is 38.0 Å². The normalized spacial score (nSPS) is 14.6. The average Bonchev–Trinajstić information content (AvgIpc) is 3.37. The first-order valence-electron chi connectivity index (χ1n) is 9.88. The van der Waals surface area contributed by atoms with Crippen LogP contribution in [0.5, 0.6) is 0 Å². The van der Waals surface area contributed by atoms with Crippen LogP contribution in [0, 0.1) is 6.92 Å². The second-order valence-corrected chi connectivity index (χ2v) is 7.35. The van der Waals surface area contributed by atoms with Gasteiger partial charge < -0.3 is 14.7 Å². The van der Waals surface area contributed by atoms with Gasteiger partial charge in [0.1, 0.15) is 5.76 Å². The Balaban J connectivity index is 1.25. The number of nitrogens with one attached hydrogen (secondary N) is 1. The molecule has 1 N–H and O–H groups in total. The van der Waals surface area contributed by atoms with Gasteiger partial charge in [-0.25, -0.2) is 0 Å². The van der Waals surface area contributed by atoms with Crippen LogP contribution in [0.3, 0.4) is 0 Å². The van der Waals surface area contributed by atoms with E-state index in [0.29, 0.717) is 49.9 Å². The Hall–Kier alpha value is -3.46. The molecule has 1 aromatic carbocycles. The average molecular weight is 408 g/mol. The number of piperazine rings is 1. The molecule has 0 saturated carbocycles. The van der Waals surface area contributed by atoms with E-state index in [2.05, 4.69) is 15.6 Å². The Bertz CT molecular complexity index is 1000. The largest absolute Gasteiger partial charge is 0.360 e. The molecule has 1 aliphatic rings. The number of aromatic nitrogens is 3. The number of benzene rings is 1. The summed E-state index contributed by atoms with van der Waals surface area (Å²) in [7, 11) is 0. The molecule has 0 unspecified atom stereocenters. The zero-order chi connectivity index (χ0) is 20.9. The number of rotatable bonds is 6. The number of aryl methyl sites for hydroxylation is 1. The van der Waals surface area contributed by atoms with Gasteiger partial charge in [-0.15, -0.1) is 0 Å². The monoisotopic (exact) mass is 408 g/mol. The van der Waals surface area contributed by atoms with Gasteiger partial charge in [-0.2, -0.15) is 5.10 Å². The number of amides is 2. The standard InChI is InChI=1S/C21H24N6O3/c1-16-11-19(24-30-16)23-20(28)15-25-7-9-26(10-8-25)21(29)18-12-22-27(14-18)13-17-5-3-2-4-6-17/h2-6,11-12,14H,7-10,13,15H2,1H3,(H,23,24,28). The van der Waals surface area contributed by atoms with Crippen molar-refractivity contribution in [3.63, 3.8) is 0 Å². The SMILES string of the molecule is Cc1cc(NC(=O)CN2CCN(C(=O)c3cnn(Cc4ccccc4)c3)CC2)no1. The van der Waals surface area contributed by atoms with Gasteiger partial charge >= 0.3 is 0 Å². The smallest absolute Gasteiger partial charge is 0.257 e. The molecular formula is C21H24N6O3. The minimum atomic E-state index is -0.148. The Labute approximate surface area is 174 Å². The first kappa shape index (κ1) is 19.8. The lowest BCUT2D eigenvalue weighted by atomic mass is 10.2. The van der Waals surface area contributed by atoms with Crippen molar-refractivity contribution < 1.29 is 14.1 Å². The molecule has 156 valence electrons. The van der Waals surface area contributed by atoms with Crippen LogP contribution >= 0.6 is 0 Å². The Morgan fingerprint density at radius 3 is 2.60 bits per heavy atom. The van der Waals surface area contributed by atoms with E-state index in [0.717, 1.165) is 5.56 Å². The molecule has 0 spiro atoms. The third kappa shape index (κ3) is 4.93. The first-order chi connectivity index (χ1) is 14.6. The molecule has 9 nitrogen and oxygen atoms in total. The van der Waals surface area contributed by atoms with E-state index >= 15 is 0 Å². The number of carbonyl (C=O) groups excluding carboxylic acids is 2. The lowest BCUT2D eigenvalue weighted by Crippen LogP contribution is -2.50. The van der Waals surface area contributed by atoms with Gasteiger partial charge in [0.25, 0.3) is 5.91 Å². The highest BCUT2D eigenvalue weighted by atomic mass is 16.5. The maximum atomic E-state index is 12.8. The van der Waals surface area contributed by atoms with Crippen molar-refractivity contribution in [3.05, 3.63) is 65.7 Å². The van der Waals surface area contributed by atoms with Crippen molar-refractivity contribution >= 4 is 17.6 Å². The molecule has 1 saturated heterocycles. The highest BCUT2D eigenvalue weighted by molar-refractivity contribution is 5.94. The van der Waals surface area contributed by atoms with Gasteiger partial charge in [-0.1, -0.05) is 35.5 Å². The minimum absolute atomic E-state index is 0.0310. The summed E-state index contributed by atoms with van der Waals surface area (Å²) < 4.78 is 6.72. The van der Waals surface area contributed by atoms with E-state index in [1.165, 1.54) is 0 Å². The van der Waals surface area contributed by atoms with E-state index < -0.39 is 0 Å². The molecule has 30 heavy (non-hydrogen) atoms. The molecule has 9 heteroatoms. The maximum absolute atomic E-state index is 12.8. The summed E-state index contributed by atoms with van der Waals surface area (Å²) in [6, 6.07) is 11.7. The number of hydrogen-bond donors (Lipinski definition) is 1. The predicted molar refractivity (Wildman–Crippen MR) is 110 cm³/mol. The first-order valence-corrected chi connectivity index (χ1v) is 9.88. The Kier molecular flexibility index (Phi) is 5.89. The van der Waals surface area contributed by atoms with Crippen LogP contribution in [0.15, 0.2) is 53.3 Å². The lowest BCUT2D eigenvalue weighted by Gasteiger charge is -2.34. The second-order valence-electron chi connectivity index (χ2n) is 7.35. The number of nitrogens with zero attached hydrogens (tertiary/aromatic N) is 5. The molecule has 3 heterocycles. The van der Waals surface area contributed by atoms with Crippen LogP contribution in [0.25, 0.3) is 0 Å². The van der Waals surface area contributed by atoms with Crippen LogP contribution in [-0.4, -0.2) is 69.3 Å². The summed E-state index contributed by atoms with van der Waals surface area (Å²) in [5.74, 6) is 0.880. The van der Waals surface area contributed by atoms with Crippen molar-refractivity contribution in [1.82, 2.24) is 24.7 Å². The van der Waals surface area contributed by atoms with Crippen molar-refractivity contribution in [2.24, 2.45) is 0 Å². The summed E-state index contributed by atoms with van der Waals surface area (Å²) in [6.07, 6.45) is 3.40. The summed E-state index contributed by atoms with van der Waals surface area (Å²) in [5.41, 5.74) is 1.71. The zero-order valence-electron chi connectivity index (χ0n) is 16.8. The summed E-state index contributed by atoms with van der Waals surface area (Å²) in [5, 5.41) is 10.8. The van der Waals surface area contributed by atoms with E-state index in [1.807, 2.05) is 35.2 Å². The minimum Gasteiger partial charge on any atom is -0.360 e. The molecule has 0 radical (unpaired) electrons. The lowest BCUT2D eigenvalue weighted by molar-refractivity contribution is -0.117. The molecule has 1 aliphatic heterocycles. The second kappa shape index (κ2) is 8.91. The van der Waals surface area contributed by atoms with Crippen molar-refractivity contribution in [1.29, 1.82) is 0 Å². The molecule has 0 atom stereocenters. The molecular weight excluding hydrogens is 384 g/mol. The summed E-state index contributed by atoms with van der Waals surface area (Å²) >= 11 is 0. The fourth-order valence-corrected chi connectivity index (χ4v) is 3.43. The topological polar surface area (TPSA) is 96.5 Å². The van der Waals surface area contributed by atoms with E-state index in [4.69, 9.17) is 4.52 Å². The number of anilines is 1. The molecule has 0 aliphatic carbocycles. The van der Waals surface area contributed by atoms with Gasteiger partial charge in [0.05, 0.1) is 24.8 Å². The van der Waals surface area contributed by atoms with Crippen LogP contribution in [0.2, 0.25) is 0 Å². The van der Waals surface area contributed by atoms with Crippen molar-refractivity contribution in [3.8, 4) is 0 Å². The van der Waals surface area contributed by atoms with Gasteiger partial charge in [0.15, 0.2) is 5.82 Å². The van der Waals surface area contributed by atoms with Crippen LogP contribution in [-0.2, 0) is 11.3 Å². The van der Waals surface area contributed by atoms with E-state index in [1.54, 1.807) is 35.0 Å². The van der Waals surface area contributed by atoms with Crippen molar-refractivity contribution in [2.45, 2.75) is 13.5 Å². The highest BCUT2D eigenvalue weighted by Crippen LogP contribution is 2.11. The molecule has 4 rings (SSSR count). The molecule has 1 fully saturated rings. The fourth-order valence-electron chi connectivity index (χ4n) is 3.43. The van der Waals surface area contributed by atoms with Gasteiger partial charge in [0.2, 0.25) is 5.91 Å². The summed E-state index contributed by atoms with van der Waals surface area (Å²) in [6.45, 7) is 5.05. The molecule has 2 aromatic heterocycles. The maximum Gasteiger partial charge on any atom is 0.257 e. The molecule has 3 aromatic rings. The van der Waals surface area contributed by atoms with Crippen LogP contribution in [0.4, 0.5) is 5.82 Å². The number of hydrogen-bond acceptors (Lipinski definition) is 6. The predicted octanol–water partition coefficient (Wildman–Crippen LogP) is 1.62. The zero-order valence-corrected chi connectivity index (χ0v) is 16.8. The third-order valence-corrected chi connectivity index (χ3v) is 4.99. The highest BCUT2D eigenvalue weighted by Gasteiger charge is 2.24. The van der Waals surface area contributed by atoms with Gasteiger partial charge in [0, 0.05) is 38.4 Å². The van der Waals surface area contributed by atoms with Crippen LogP contribution in [0.1, 0.15) is 21.7 Å². The fraction of sp³-hybridized carbons (Fsp3) is 0.333. The number of carbonyl (C=O) groups is 2. The van der Waals surface area contributed by atoms with Gasteiger partial charge in [-0.05, 0) is 12.5 Å². The quantitative estimate of drug-likeness (QED) is 0.666. The molecule has 2 amide bonds. The third-order valence-electron chi connectivity index (χ3n) is 4.99. The Morgan fingerprint density at radius 1 is 1.13 bits per heavy atom. The van der Waals surface area contributed by atoms with E-state index in [-0.39, 0.29) is 18.4 Å². The van der Waals surface area contributed by atoms with Gasteiger partial charge in [-0.3, -0.25) is 19.2 Å². The van der Waals surface area contributed by atoms with E-state index in [9.17, 15) is 9.59 Å².